The van der Waals surface area contributed by atoms with Gasteiger partial charge in [-0.15, -0.1) is 0 Å². The fourth-order valence-corrected chi connectivity index (χ4v) is 0.926. The first-order valence-electron chi connectivity index (χ1n) is 4.17. The minimum absolute atomic E-state index is 0.0367. The molecular weight excluding hydrogens is 198 g/mol. The van der Waals surface area contributed by atoms with E-state index in [0.717, 1.165) is 0 Å². The molecule has 0 aliphatic carbocycles. The molecule has 1 heterocycles. The van der Waals surface area contributed by atoms with Gasteiger partial charge in [0.05, 0.1) is 6.42 Å². The van der Waals surface area contributed by atoms with Gasteiger partial charge in [0.25, 0.3) is 0 Å². The third kappa shape index (κ3) is 3.60. The van der Waals surface area contributed by atoms with Gasteiger partial charge in [-0.3, -0.25) is 4.79 Å². The molecule has 0 saturated carbocycles. The van der Waals surface area contributed by atoms with Gasteiger partial charge >= 0.3 is 11.9 Å². The van der Waals surface area contributed by atoms with Crippen LogP contribution in [0.3, 0.4) is 0 Å². The van der Waals surface area contributed by atoms with Gasteiger partial charge in [0, 0.05) is 6.20 Å². The third-order valence-electron chi connectivity index (χ3n) is 1.61. The van der Waals surface area contributed by atoms with Crippen LogP contribution in [-0.2, 0) is 4.79 Å². The first-order chi connectivity index (χ1) is 7.09. The fourth-order valence-electron chi connectivity index (χ4n) is 0.926. The summed E-state index contributed by atoms with van der Waals surface area (Å²) in [6, 6.07) is 2.93. The van der Waals surface area contributed by atoms with E-state index < -0.39 is 11.9 Å². The van der Waals surface area contributed by atoms with Gasteiger partial charge in [-0.05, 0) is 11.6 Å². The van der Waals surface area contributed by atoms with Crippen molar-refractivity contribution in [3.05, 3.63) is 35.7 Å². The molecule has 0 radical (unpaired) electrons. The number of nitrogens with zero attached hydrogens (tertiary/aromatic N) is 1. The van der Waals surface area contributed by atoms with Crippen LogP contribution in [0.5, 0.6) is 0 Å². The molecule has 1 aromatic rings. The van der Waals surface area contributed by atoms with E-state index in [4.69, 9.17) is 10.2 Å². The lowest BCUT2D eigenvalue weighted by molar-refractivity contribution is -0.135. The second-order valence-electron chi connectivity index (χ2n) is 2.78. The van der Waals surface area contributed by atoms with Crippen molar-refractivity contribution in [2.75, 3.05) is 0 Å². The second-order valence-corrected chi connectivity index (χ2v) is 2.78. The molecule has 0 amide bonds. The summed E-state index contributed by atoms with van der Waals surface area (Å²) in [4.78, 5) is 24.3. The molecule has 5 heteroatoms. The Morgan fingerprint density at radius 1 is 1.33 bits per heavy atom. The van der Waals surface area contributed by atoms with Gasteiger partial charge in [-0.2, -0.15) is 0 Å². The maximum absolute atomic E-state index is 10.5. The van der Waals surface area contributed by atoms with Gasteiger partial charge in [0.15, 0.2) is 0 Å². The van der Waals surface area contributed by atoms with Crippen LogP contribution in [0, 0.1) is 0 Å². The highest BCUT2D eigenvalue weighted by Gasteiger charge is 2.01. The first kappa shape index (κ1) is 10.9. The molecule has 78 valence electrons. The third-order valence-corrected chi connectivity index (χ3v) is 1.61. The molecule has 1 rings (SSSR count). The van der Waals surface area contributed by atoms with Crippen LogP contribution in [0.1, 0.15) is 22.5 Å². The normalized spacial score (nSPS) is 10.4. The van der Waals surface area contributed by atoms with Crippen LogP contribution >= 0.6 is 0 Å². The van der Waals surface area contributed by atoms with E-state index in [1.54, 1.807) is 12.1 Å². The lowest BCUT2D eigenvalue weighted by Crippen LogP contribution is -1.99. The summed E-state index contributed by atoms with van der Waals surface area (Å²) in [5, 5.41) is 16.9. The number of carboxylic acids is 2. The Balaban J connectivity index is 2.68. The standard InChI is InChI=1S/C10H9NO4/c12-9(13)3-1-2-7-4-5-8(10(14)15)11-6-7/h1-2,4-6H,3H2,(H,12,13)(H,14,15). The highest BCUT2D eigenvalue weighted by Crippen LogP contribution is 2.03. The average Bonchev–Trinajstić information content (AvgIpc) is 2.18. The average molecular weight is 207 g/mol. The highest BCUT2D eigenvalue weighted by atomic mass is 16.4. The Morgan fingerprint density at radius 2 is 2.07 bits per heavy atom. The van der Waals surface area contributed by atoms with E-state index >= 15 is 0 Å². The molecule has 0 bridgehead atoms. The van der Waals surface area contributed by atoms with Crippen LogP contribution in [-0.4, -0.2) is 27.1 Å². The van der Waals surface area contributed by atoms with Crippen LogP contribution in [0.25, 0.3) is 6.08 Å². The van der Waals surface area contributed by atoms with E-state index in [-0.39, 0.29) is 12.1 Å². The Bertz CT molecular complexity index is 394. The van der Waals surface area contributed by atoms with E-state index in [1.807, 2.05) is 0 Å². The summed E-state index contributed by atoms with van der Waals surface area (Å²) in [5.41, 5.74) is 0.631. The number of carboxylic acid groups (broad SMARTS) is 2. The zero-order chi connectivity index (χ0) is 11.3. The molecule has 0 aliphatic heterocycles. The van der Waals surface area contributed by atoms with E-state index in [1.165, 1.54) is 18.3 Å². The van der Waals surface area contributed by atoms with Gasteiger partial charge < -0.3 is 10.2 Å². The number of aromatic carboxylic acids is 1. The van der Waals surface area contributed by atoms with Crippen molar-refractivity contribution < 1.29 is 19.8 Å². The molecule has 0 saturated heterocycles. The molecule has 15 heavy (non-hydrogen) atoms. The predicted octanol–water partition coefficient (Wildman–Crippen LogP) is 1.27. The molecule has 0 spiro atoms. The zero-order valence-electron chi connectivity index (χ0n) is 7.75. The van der Waals surface area contributed by atoms with E-state index in [2.05, 4.69) is 4.98 Å². The zero-order valence-corrected chi connectivity index (χ0v) is 7.75. The maximum Gasteiger partial charge on any atom is 0.354 e. The van der Waals surface area contributed by atoms with Gasteiger partial charge in [0.2, 0.25) is 0 Å². The van der Waals surface area contributed by atoms with Crippen LogP contribution < -0.4 is 0 Å². The van der Waals surface area contributed by atoms with E-state index in [9.17, 15) is 9.59 Å². The van der Waals surface area contributed by atoms with Gasteiger partial charge in [-0.1, -0.05) is 18.2 Å². The number of pyridine rings is 1. The van der Waals surface area contributed by atoms with Crippen molar-refractivity contribution in [3.63, 3.8) is 0 Å². The summed E-state index contributed by atoms with van der Waals surface area (Å²) in [5.74, 6) is -2.00. The quantitative estimate of drug-likeness (QED) is 0.776. The van der Waals surface area contributed by atoms with Crippen molar-refractivity contribution in [1.82, 2.24) is 4.98 Å². The minimum Gasteiger partial charge on any atom is -0.481 e. The molecule has 1 aromatic heterocycles. The second kappa shape index (κ2) is 4.90. The monoisotopic (exact) mass is 207 g/mol. The SMILES string of the molecule is O=C(O)CC=Cc1ccc(C(=O)O)nc1. The van der Waals surface area contributed by atoms with Crippen LogP contribution in [0.4, 0.5) is 0 Å². The summed E-state index contributed by atoms with van der Waals surface area (Å²) < 4.78 is 0. The number of rotatable bonds is 4. The van der Waals surface area contributed by atoms with Crippen LogP contribution in [0.15, 0.2) is 24.4 Å². The molecule has 0 atom stereocenters. The summed E-state index contributed by atoms with van der Waals surface area (Å²) in [6.07, 6.45) is 4.36. The largest absolute Gasteiger partial charge is 0.481 e. The van der Waals surface area contributed by atoms with Crippen molar-refractivity contribution in [3.8, 4) is 0 Å². The Kier molecular flexibility index (Phi) is 3.56. The Morgan fingerprint density at radius 3 is 2.53 bits per heavy atom. The molecule has 2 N–H and O–H groups in total. The predicted molar refractivity (Wildman–Crippen MR) is 52.5 cm³/mol. The molecule has 0 unspecified atom stereocenters. The molecule has 5 nitrogen and oxygen atoms in total. The fraction of sp³-hybridized carbons (Fsp3) is 0.100. The number of aromatic nitrogens is 1. The number of hydrogen-bond donors (Lipinski definition) is 2. The van der Waals surface area contributed by atoms with Gasteiger partial charge in [-0.25, -0.2) is 9.78 Å². The Hall–Kier alpha value is -2.17. The topological polar surface area (TPSA) is 87.5 Å². The molecular formula is C10H9NO4. The smallest absolute Gasteiger partial charge is 0.354 e. The molecule has 0 aromatic carbocycles. The number of carbonyl (C=O) groups is 2. The van der Waals surface area contributed by atoms with E-state index in [0.29, 0.717) is 5.56 Å². The Labute approximate surface area is 85.7 Å². The molecule has 0 fully saturated rings. The lowest BCUT2D eigenvalue weighted by Gasteiger charge is -1.94. The maximum atomic E-state index is 10.5. The summed E-state index contributed by atoms with van der Waals surface area (Å²) in [6.45, 7) is 0. The van der Waals surface area contributed by atoms with Gasteiger partial charge in [0.1, 0.15) is 5.69 Å². The van der Waals surface area contributed by atoms with Crippen molar-refractivity contribution in [2.45, 2.75) is 6.42 Å². The minimum atomic E-state index is -1.09. The van der Waals surface area contributed by atoms with Crippen molar-refractivity contribution in [1.29, 1.82) is 0 Å². The molecule has 0 aliphatic rings. The summed E-state index contributed by atoms with van der Waals surface area (Å²) >= 11 is 0. The number of aliphatic carboxylic acids is 1. The summed E-state index contributed by atoms with van der Waals surface area (Å²) in [7, 11) is 0. The van der Waals surface area contributed by atoms with Crippen molar-refractivity contribution >= 4 is 18.0 Å². The van der Waals surface area contributed by atoms with Crippen molar-refractivity contribution in [2.24, 2.45) is 0 Å². The first-order valence-corrected chi connectivity index (χ1v) is 4.17. The number of hydrogen-bond acceptors (Lipinski definition) is 3. The van der Waals surface area contributed by atoms with Crippen LogP contribution in [0.2, 0.25) is 0 Å². The lowest BCUT2D eigenvalue weighted by atomic mass is 10.2. The highest BCUT2D eigenvalue weighted by molar-refractivity contribution is 5.85.